The van der Waals surface area contributed by atoms with Gasteiger partial charge in [-0.1, -0.05) is 54.1 Å². The predicted molar refractivity (Wildman–Crippen MR) is 136 cm³/mol. The van der Waals surface area contributed by atoms with E-state index in [1.807, 2.05) is 61.7 Å². The lowest BCUT2D eigenvalue weighted by Crippen LogP contribution is -2.34. The Balaban J connectivity index is 1.42. The lowest BCUT2D eigenvalue weighted by molar-refractivity contribution is 0.0966. The average Bonchev–Trinajstić information content (AvgIpc) is 3.68. The van der Waals surface area contributed by atoms with Gasteiger partial charge in [-0.25, -0.2) is 0 Å². The van der Waals surface area contributed by atoms with Crippen molar-refractivity contribution in [3.8, 4) is 0 Å². The lowest BCUT2D eigenvalue weighted by atomic mass is 10.0. The number of hydrogen-bond donors (Lipinski definition) is 2. The van der Waals surface area contributed by atoms with Gasteiger partial charge in [-0.2, -0.15) is 0 Å². The molecule has 1 saturated carbocycles. The first-order valence-electron chi connectivity index (χ1n) is 11.6. The molecule has 4 rings (SSSR count). The zero-order valence-electron chi connectivity index (χ0n) is 19.8. The van der Waals surface area contributed by atoms with Crippen molar-refractivity contribution >= 4 is 11.6 Å². The molecule has 1 unspecified atom stereocenters. The minimum Gasteiger partial charge on any atom is -0.381 e. The molecule has 1 amide bonds. The number of anilines is 1. The van der Waals surface area contributed by atoms with Gasteiger partial charge in [0.05, 0.1) is 11.7 Å². The van der Waals surface area contributed by atoms with Crippen LogP contribution < -0.4 is 10.6 Å². The quantitative estimate of drug-likeness (QED) is 0.468. The molecule has 0 radical (unpaired) electrons. The van der Waals surface area contributed by atoms with Crippen LogP contribution in [0.4, 0.5) is 5.69 Å². The summed E-state index contributed by atoms with van der Waals surface area (Å²) in [6.07, 6.45) is 8.66. The van der Waals surface area contributed by atoms with E-state index in [4.69, 9.17) is 0 Å². The summed E-state index contributed by atoms with van der Waals surface area (Å²) in [6.45, 7) is 11.4. The van der Waals surface area contributed by atoms with Crippen LogP contribution in [-0.2, 0) is 6.54 Å². The second-order valence-electron chi connectivity index (χ2n) is 9.06. The van der Waals surface area contributed by atoms with Crippen LogP contribution >= 0.6 is 0 Å². The fourth-order valence-electron chi connectivity index (χ4n) is 4.10. The van der Waals surface area contributed by atoms with E-state index in [9.17, 15) is 4.79 Å². The third kappa shape index (κ3) is 5.64. The summed E-state index contributed by atoms with van der Waals surface area (Å²) in [5.41, 5.74) is 7.37. The Morgan fingerprint density at radius 1 is 1.03 bits per heavy atom. The van der Waals surface area contributed by atoms with E-state index in [1.165, 1.54) is 29.7 Å². The fourth-order valence-corrected chi connectivity index (χ4v) is 4.10. The van der Waals surface area contributed by atoms with Gasteiger partial charge in [-0.15, -0.1) is 0 Å². The Morgan fingerprint density at radius 2 is 1.73 bits per heavy atom. The molecular weight excluding hydrogens is 406 g/mol. The van der Waals surface area contributed by atoms with Crippen LogP contribution in [0.25, 0.3) is 0 Å². The molecule has 0 bridgehead atoms. The molecule has 33 heavy (non-hydrogen) atoms. The minimum absolute atomic E-state index is 0.106. The topological polar surface area (TPSA) is 44.4 Å². The van der Waals surface area contributed by atoms with Gasteiger partial charge in [0.1, 0.15) is 0 Å². The highest BCUT2D eigenvalue weighted by Crippen LogP contribution is 2.39. The Bertz CT molecular complexity index is 1110. The smallest absolute Gasteiger partial charge is 0.255 e. The van der Waals surface area contributed by atoms with Crippen molar-refractivity contribution in [2.75, 3.05) is 5.32 Å². The molecule has 2 aliphatic rings. The summed E-state index contributed by atoms with van der Waals surface area (Å²) >= 11 is 0. The molecule has 1 aliphatic carbocycles. The minimum atomic E-state index is -0.116. The summed E-state index contributed by atoms with van der Waals surface area (Å²) < 4.78 is 0. The number of carbonyl (C=O) groups excluding carboxylic acids is 1. The Morgan fingerprint density at radius 3 is 2.36 bits per heavy atom. The number of allylic oxidation sites excluding steroid dienone is 3. The zero-order chi connectivity index (χ0) is 23.4. The molecule has 1 atom stereocenters. The third-order valence-corrected chi connectivity index (χ3v) is 6.43. The van der Waals surface area contributed by atoms with E-state index in [0.29, 0.717) is 11.5 Å². The maximum atomic E-state index is 12.9. The molecule has 0 saturated heterocycles. The first-order chi connectivity index (χ1) is 15.9. The Kier molecular flexibility index (Phi) is 6.83. The number of benzene rings is 2. The van der Waals surface area contributed by atoms with Gasteiger partial charge in [-0.05, 0) is 75.4 Å². The van der Waals surface area contributed by atoms with Gasteiger partial charge < -0.3 is 15.5 Å². The zero-order valence-corrected chi connectivity index (χ0v) is 19.8. The van der Waals surface area contributed by atoms with Crippen molar-refractivity contribution in [2.45, 2.75) is 46.2 Å². The van der Waals surface area contributed by atoms with Crippen molar-refractivity contribution in [1.29, 1.82) is 0 Å². The molecule has 1 aliphatic heterocycles. The van der Waals surface area contributed by atoms with Gasteiger partial charge in [0, 0.05) is 29.7 Å². The van der Waals surface area contributed by atoms with Crippen LogP contribution in [0.3, 0.4) is 0 Å². The lowest BCUT2D eigenvalue weighted by Gasteiger charge is -2.34. The van der Waals surface area contributed by atoms with Crippen molar-refractivity contribution in [2.24, 2.45) is 5.92 Å². The van der Waals surface area contributed by atoms with Gasteiger partial charge in [0.25, 0.3) is 5.91 Å². The molecule has 4 nitrogen and oxygen atoms in total. The molecule has 2 N–H and O–H groups in total. The van der Waals surface area contributed by atoms with Crippen molar-refractivity contribution in [1.82, 2.24) is 10.2 Å². The van der Waals surface area contributed by atoms with Crippen molar-refractivity contribution in [3.63, 3.8) is 0 Å². The molecule has 0 aromatic heterocycles. The van der Waals surface area contributed by atoms with Crippen LogP contribution in [0.2, 0.25) is 0 Å². The molecular formula is C29H33N3O. The predicted octanol–water partition coefficient (Wildman–Crippen LogP) is 6.39. The summed E-state index contributed by atoms with van der Waals surface area (Å²) in [4.78, 5) is 15.1. The SMILES string of the molecule is C=C(C)C1C=CC(NC(=O)c2ccc(NCc3ccccc3)cc2)=CN1/C(C)=C(\C)C1CC1. The second-order valence-corrected chi connectivity index (χ2v) is 9.06. The number of carbonyl (C=O) groups is 1. The summed E-state index contributed by atoms with van der Waals surface area (Å²) in [6, 6.07) is 17.9. The first kappa shape index (κ1) is 22.7. The summed E-state index contributed by atoms with van der Waals surface area (Å²) in [5.74, 6) is 0.580. The molecule has 0 spiro atoms. The van der Waals surface area contributed by atoms with Crippen LogP contribution in [0.1, 0.15) is 49.5 Å². The largest absolute Gasteiger partial charge is 0.381 e. The Hall–Kier alpha value is -3.53. The number of rotatable bonds is 8. The normalized spacial score (nSPS) is 18.3. The highest BCUT2D eigenvalue weighted by molar-refractivity contribution is 5.95. The maximum Gasteiger partial charge on any atom is 0.255 e. The van der Waals surface area contributed by atoms with Crippen LogP contribution in [-0.4, -0.2) is 16.8 Å². The van der Waals surface area contributed by atoms with E-state index in [1.54, 1.807) is 0 Å². The number of amides is 1. The van der Waals surface area contributed by atoms with Crippen molar-refractivity contribution in [3.05, 3.63) is 113 Å². The van der Waals surface area contributed by atoms with Crippen LogP contribution in [0, 0.1) is 5.92 Å². The summed E-state index contributed by atoms with van der Waals surface area (Å²) in [7, 11) is 0. The highest BCUT2D eigenvalue weighted by Gasteiger charge is 2.28. The van der Waals surface area contributed by atoms with E-state index in [2.05, 4.69) is 54.2 Å². The molecule has 1 fully saturated rings. The van der Waals surface area contributed by atoms with E-state index in [0.717, 1.165) is 23.5 Å². The van der Waals surface area contributed by atoms with Crippen molar-refractivity contribution < 1.29 is 4.79 Å². The highest BCUT2D eigenvalue weighted by atomic mass is 16.1. The molecule has 2 aromatic carbocycles. The van der Waals surface area contributed by atoms with Gasteiger partial charge in [-0.3, -0.25) is 4.79 Å². The second kappa shape index (κ2) is 9.95. The fraction of sp³-hybridized carbons (Fsp3) is 0.276. The monoisotopic (exact) mass is 439 g/mol. The molecule has 1 heterocycles. The molecule has 170 valence electrons. The standard InChI is InChI=1S/C29H33N3O/c1-20(2)28-17-16-27(19-32(28)22(4)21(3)24-10-11-24)31-29(33)25-12-14-26(15-13-25)30-18-23-8-6-5-7-9-23/h5-9,12-17,19,24,28,30H,1,10-11,18H2,2-4H3,(H,31,33)/b22-21+. The Labute approximate surface area is 197 Å². The van der Waals surface area contributed by atoms with Crippen LogP contribution in [0.5, 0.6) is 0 Å². The van der Waals surface area contributed by atoms with Crippen LogP contribution in [0.15, 0.2) is 102 Å². The van der Waals surface area contributed by atoms with Gasteiger partial charge in [0.2, 0.25) is 0 Å². The maximum absolute atomic E-state index is 12.9. The summed E-state index contributed by atoms with van der Waals surface area (Å²) in [5, 5.41) is 6.45. The van der Waals surface area contributed by atoms with E-state index < -0.39 is 0 Å². The molecule has 4 heteroatoms. The van der Waals surface area contributed by atoms with E-state index in [-0.39, 0.29) is 11.9 Å². The number of hydrogen-bond acceptors (Lipinski definition) is 3. The van der Waals surface area contributed by atoms with Gasteiger partial charge in [0.15, 0.2) is 0 Å². The number of nitrogens with zero attached hydrogens (tertiary/aromatic N) is 1. The average molecular weight is 440 g/mol. The van der Waals surface area contributed by atoms with E-state index >= 15 is 0 Å². The molecule has 2 aromatic rings. The number of nitrogens with one attached hydrogen (secondary N) is 2. The first-order valence-corrected chi connectivity index (χ1v) is 11.6. The van der Waals surface area contributed by atoms with Gasteiger partial charge >= 0.3 is 0 Å². The third-order valence-electron chi connectivity index (χ3n) is 6.43.